The number of anilines is 1. The fraction of sp³-hybridized carbons (Fsp3) is 0.571. The molecule has 1 fully saturated rings. The fourth-order valence-corrected chi connectivity index (χ4v) is 3.05. The topological polar surface area (TPSA) is 32.3 Å². The summed E-state index contributed by atoms with van der Waals surface area (Å²) in [5.74, 6) is -1.25. The summed E-state index contributed by atoms with van der Waals surface area (Å²) in [5, 5.41) is 12.8. The summed E-state index contributed by atoms with van der Waals surface area (Å²) in [5.41, 5.74) is 0.137. The molecule has 0 saturated heterocycles. The predicted octanol–water partition coefficient (Wildman–Crippen LogP) is 4.34. The van der Waals surface area contributed by atoms with Gasteiger partial charge in [-0.3, -0.25) is 0 Å². The number of para-hydroxylation sites is 1. The van der Waals surface area contributed by atoms with Gasteiger partial charge in [-0.1, -0.05) is 12.1 Å². The first kappa shape index (κ1) is 15.6. The van der Waals surface area contributed by atoms with E-state index in [9.17, 15) is 18.3 Å². The second kappa shape index (κ2) is 5.93. The third-order valence-corrected chi connectivity index (χ3v) is 4.67. The molecule has 0 spiro atoms. The largest absolute Gasteiger partial charge is 0.394 e. The molecule has 1 aliphatic carbocycles. The van der Waals surface area contributed by atoms with Crippen LogP contribution in [-0.2, 0) is 0 Å². The van der Waals surface area contributed by atoms with E-state index in [0.29, 0.717) is 12.8 Å². The molecule has 1 saturated carbocycles. The third-order valence-electron chi connectivity index (χ3n) is 3.98. The number of benzene rings is 1. The van der Waals surface area contributed by atoms with Crippen LogP contribution in [0.3, 0.4) is 0 Å². The normalized spacial score (nSPS) is 27.4. The van der Waals surface area contributed by atoms with E-state index in [-0.39, 0.29) is 19.4 Å². The number of hydrogen-bond acceptors (Lipinski definition) is 2. The Hall–Kier alpha value is -0.750. The maximum absolute atomic E-state index is 12.7. The van der Waals surface area contributed by atoms with Gasteiger partial charge in [0.15, 0.2) is 0 Å². The Morgan fingerprint density at radius 1 is 1.25 bits per heavy atom. The minimum Gasteiger partial charge on any atom is -0.394 e. The van der Waals surface area contributed by atoms with Gasteiger partial charge in [-0.15, -0.1) is 0 Å². The Balaban J connectivity index is 2.08. The van der Waals surface area contributed by atoms with E-state index in [2.05, 4.69) is 21.2 Å². The maximum Gasteiger partial charge on any atom is 0.391 e. The lowest BCUT2D eigenvalue weighted by Gasteiger charge is -2.41. The van der Waals surface area contributed by atoms with E-state index in [1.807, 2.05) is 24.3 Å². The average Bonchev–Trinajstić information content (AvgIpc) is 2.41. The second-order valence-corrected chi connectivity index (χ2v) is 6.21. The molecule has 1 aromatic carbocycles. The molecule has 2 nitrogen and oxygen atoms in total. The molecule has 2 N–H and O–H groups in total. The third kappa shape index (κ3) is 3.47. The zero-order valence-corrected chi connectivity index (χ0v) is 12.5. The van der Waals surface area contributed by atoms with Gasteiger partial charge in [-0.25, -0.2) is 0 Å². The van der Waals surface area contributed by atoms with Crippen LogP contribution in [0.5, 0.6) is 0 Å². The highest BCUT2D eigenvalue weighted by Gasteiger charge is 2.45. The van der Waals surface area contributed by atoms with Crippen LogP contribution in [-0.4, -0.2) is 23.4 Å². The van der Waals surface area contributed by atoms with Gasteiger partial charge >= 0.3 is 6.18 Å². The zero-order chi connectivity index (χ0) is 14.8. The molecule has 0 atom stereocenters. The summed E-state index contributed by atoms with van der Waals surface area (Å²) in [6.07, 6.45) is -3.39. The molecule has 0 bridgehead atoms. The minimum absolute atomic E-state index is 0.0571. The Labute approximate surface area is 124 Å². The second-order valence-electron chi connectivity index (χ2n) is 5.36. The molecule has 1 aliphatic rings. The van der Waals surface area contributed by atoms with Crippen LogP contribution < -0.4 is 5.32 Å². The van der Waals surface area contributed by atoms with Gasteiger partial charge in [0.1, 0.15) is 0 Å². The Morgan fingerprint density at radius 3 is 2.35 bits per heavy atom. The lowest BCUT2D eigenvalue weighted by molar-refractivity contribution is -0.184. The SMILES string of the molecule is OCC1(Nc2ccccc2Br)CCC(C(F)(F)F)CC1. The van der Waals surface area contributed by atoms with Gasteiger partial charge in [-0.05, 0) is 53.7 Å². The summed E-state index contributed by atoms with van der Waals surface area (Å²) in [6, 6.07) is 7.41. The van der Waals surface area contributed by atoms with E-state index in [1.165, 1.54) is 0 Å². The van der Waals surface area contributed by atoms with Gasteiger partial charge in [0, 0.05) is 10.2 Å². The average molecular weight is 352 g/mol. The van der Waals surface area contributed by atoms with Gasteiger partial charge in [0.25, 0.3) is 0 Å². The van der Waals surface area contributed by atoms with E-state index in [1.54, 1.807) is 0 Å². The molecule has 0 heterocycles. The van der Waals surface area contributed by atoms with Crippen LogP contribution in [0.2, 0.25) is 0 Å². The standard InChI is InChI=1S/C14H17BrF3NO/c15-11-3-1-2-4-12(11)19-13(9-20)7-5-10(6-8-13)14(16,17)18/h1-4,10,19-20H,5-9H2. The number of aliphatic hydroxyl groups is 1. The van der Waals surface area contributed by atoms with Crippen molar-refractivity contribution < 1.29 is 18.3 Å². The number of hydrogen-bond donors (Lipinski definition) is 2. The lowest BCUT2D eigenvalue weighted by Crippen LogP contribution is -2.47. The summed E-state index contributed by atoms with van der Waals surface area (Å²) in [4.78, 5) is 0. The highest BCUT2D eigenvalue weighted by atomic mass is 79.9. The first-order chi connectivity index (χ1) is 9.36. The minimum atomic E-state index is -4.13. The highest BCUT2D eigenvalue weighted by Crippen LogP contribution is 2.42. The highest BCUT2D eigenvalue weighted by molar-refractivity contribution is 9.10. The van der Waals surface area contributed by atoms with Crippen LogP contribution in [0.25, 0.3) is 0 Å². The van der Waals surface area contributed by atoms with E-state index < -0.39 is 17.6 Å². The fourth-order valence-electron chi connectivity index (χ4n) is 2.67. The van der Waals surface area contributed by atoms with Crippen molar-refractivity contribution >= 4 is 21.6 Å². The summed E-state index contributed by atoms with van der Waals surface area (Å²) < 4.78 is 38.9. The van der Waals surface area contributed by atoms with Crippen LogP contribution in [0.4, 0.5) is 18.9 Å². The molecular formula is C14H17BrF3NO. The molecule has 0 unspecified atom stereocenters. The Kier molecular flexibility index (Phi) is 4.64. The van der Waals surface area contributed by atoms with Gasteiger partial charge in [0.05, 0.1) is 18.1 Å². The summed E-state index contributed by atoms with van der Waals surface area (Å²) in [6.45, 7) is -0.168. The summed E-state index contributed by atoms with van der Waals surface area (Å²) in [7, 11) is 0. The van der Waals surface area contributed by atoms with E-state index in [4.69, 9.17) is 0 Å². The van der Waals surface area contributed by atoms with E-state index >= 15 is 0 Å². The van der Waals surface area contributed by atoms with Crippen molar-refractivity contribution in [1.82, 2.24) is 0 Å². The van der Waals surface area contributed by atoms with Crippen LogP contribution in [0.15, 0.2) is 28.7 Å². The van der Waals surface area contributed by atoms with Crippen molar-refractivity contribution in [2.45, 2.75) is 37.4 Å². The Bertz CT molecular complexity index is 456. The van der Waals surface area contributed by atoms with Crippen molar-refractivity contribution in [1.29, 1.82) is 0 Å². The van der Waals surface area contributed by atoms with E-state index in [0.717, 1.165) is 10.2 Å². The molecule has 2 rings (SSSR count). The van der Waals surface area contributed by atoms with Crippen LogP contribution in [0, 0.1) is 5.92 Å². The van der Waals surface area contributed by atoms with Crippen molar-refractivity contribution in [3.63, 3.8) is 0 Å². The molecule has 6 heteroatoms. The first-order valence-corrected chi connectivity index (χ1v) is 7.36. The molecule has 0 aliphatic heterocycles. The van der Waals surface area contributed by atoms with Crippen LogP contribution >= 0.6 is 15.9 Å². The molecule has 0 radical (unpaired) electrons. The molecule has 0 aromatic heterocycles. The van der Waals surface area contributed by atoms with Crippen molar-refractivity contribution in [3.8, 4) is 0 Å². The number of halogens is 4. The number of alkyl halides is 3. The molecule has 0 amide bonds. The lowest BCUT2D eigenvalue weighted by atomic mass is 9.76. The molecule has 20 heavy (non-hydrogen) atoms. The van der Waals surface area contributed by atoms with Gasteiger partial charge < -0.3 is 10.4 Å². The first-order valence-electron chi connectivity index (χ1n) is 6.57. The monoisotopic (exact) mass is 351 g/mol. The summed E-state index contributed by atoms with van der Waals surface area (Å²) >= 11 is 3.40. The van der Waals surface area contributed by atoms with Crippen molar-refractivity contribution in [2.24, 2.45) is 5.92 Å². The van der Waals surface area contributed by atoms with Gasteiger partial charge in [0.2, 0.25) is 0 Å². The maximum atomic E-state index is 12.7. The molecule has 1 aromatic rings. The smallest absolute Gasteiger partial charge is 0.391 e. The number of nitrogens with one attached hydrogen (secondary N) is 1. The number of rotatable bonds is 3. The van der Waals surface area contributed by atoms with Crippen molar-refractivity contribution in [3.05, 3.63) is 28.7 Å². The van der Waals surface area contributed by atoms with Crippen molar-refractivity contribution in [2.75, 3.05) is 11.9 Å². The van der Waals surface area contributed by atoms with Crippen LogP contribution in [0.1, 0.15) is 25.7 Å². The van der Waals surface area contributed by atoms with Gasteiger partial charge in [-0.2, -0.15) is 13.2 Å². The molecule has 112 valence electrons. The Morgan fingerprint density at radius 2 is 1.85 bits per heavy atom. The molecular weight excluding hydrogens is 335 g/mol. The zero-order valence-electron chi connectivity index (χ0n) is 10.9. The predicted molar refractivity (Wildman–Crippen MR) is 75.6 cm³/mol. The number of aliphatic hydroxyl groups excluding tert-OH is 1. The quantitative estimate of drug-likeness (QED) is 0.848.